The Kier molecular flexibility index (Phi) is 11.5. The van der Waals surface area contributed by atoms with E-state index in [1.807, 2.05) is 4.90 Å². The molecule has 0 spiro atoms. The van der Waals surface area contributed by atoms with Crippen LogP contribution in [0.15, 0.2) is 0 Å². The third-order valence-electron chi connectivity index (χ3n) is 4.44. The molecule has 0 atom stereocenters. The fourth-order valence-electron chi connectivity index (χ4n) is 3.01. The first-order valence-corrected chi connectivity index (χ1v) is 9.33. The van der Waals surface area contributed by atoms with Crippen molar-refractivity contribution in [3.63, 3.8) is 0 Å². The van der Waals surface area contributed by atoms with Crippen LogP contribution in [0.25, 0.3) is 0 Å². The Bertz CT molecular complexity index is 248. The zero-order valence-corrected chi connectivity index (χ0v) is 14.2. The van der Waals surface area contributed by atoms with Crippen molar-refractivity contribution in [3.05, 3.63) is 0 Å². The Labute approximate surface area is 131 Å². The van der Waals surface area contributed by atoms with Gasteiger partial charge in [-0.05, 0) is 25.8 Å². The third-order valence-corrected chi connectivity index (χ3v) is 4.44. The average Bonchev–Trinajstić information content (AvgIpc) is 2.78. The van der Waals surface area contributed by atoms with Crippen LogP contribution in [0.4, 0.5) is 0 Å². The van der Waals surface area contributed by atoms with Crippen molar-refractivity contribution < 1.29 is 4.79 Å². The summed E-state index contributed by atoms with van der Waals surface area (Å²) in [5.41, 5.74) is 0. The first-order valence-electron chi connectivity index (χ1n) is 9.33. The Hall–Kier alpha value is -0.570. The molecule has 1 amide bonds. The molecule has 1 N–H and O–H groups in total. The molecule has 1 saturated heterocycles. The van der Waals surface area contributed by atoms with E-state index in [0.29, 0.717) is 12.5 Å². The van der Waals surface area contributed by atoms with Crippen molar-refractivity contribution in [1.29, 1.82) is 0 Å². The number of unbranched alkanes of at least 4 members (excludes halogenated alkanes) is 7. The molecule has 1 heterocycles. The molecule has 0 unspecified atom stereocenters. The molecular formula is C18H36N2O. The largest absolute Gasteiger partial charge is 0.342 e. The summed E-state index contributed by atoms with van der Waals surface area (Å²) in [5, 5.41) is 3.32. The molecule has 1 fully saturated rings. The van der Waals surface area contributed by atoms with Gasteiger partial charge in [-0.15, -0.1) is 0 Å². The Balaban J connectivity index is 1.88. The minimum atomic E-state index is 0.302. The van der Waals surface area contributed by atoms with E-state index in [1.54, 1.807) is 0 Å². The molecule has 0 aromatic carbocycles. The van der Waals surface area contributed by atoms with Crippen molar-refractivity contribution in [1.82, 2.24) is 10.2 Å². The molecule has 0 aliphatic carbocycles. The second kappa shape index (κ2) is 13.1. The predicted molar refractivity (Wildman–Crippen MR) is 90.5 cm³/mol. The van der Waals surface area contributed by atoms with Crippen molar-refractivity contribution in [3.8, 4) is 0 Å². The molecule has 1 aliphatic heterocycles. The Morgan fingerprint density at radius 3 is 2.05 bits per heavy atom. The van der Waals surface area contributed by atoms with Gasteiger partial charge in [-0.1, -0.05) is 64.7 Å². The second-order valence-corrected chi connectivity index (χ2v) is 6.45. The van der Waals surface area contributed by atoms with Crippen LogP contribution in [0.5, 0.6) is 0 Å². The first-order chi connectivity index (χ1) is 10.3. The molecular weight excluding hydrogens is 260 g/mol. The minimum Gasteiger partial charge on any atom is -0.342 e. The summed E-state index contributed by atoms with van der Waals surface area (Å²) >= 11 is 0. The summed E-state index contributed by atoms with van der Waals surface area (Å²) in [7, 11) is 0. The van der Waals surface area contributed by atoms with Gasteiger partial charge in [-0.2, -0.15) is 0 Å². The summed E-state index contributed by atoms with van der Waals surface area (Å²) in [4.78, 5) is 14.1. The lowest BCUT2D eigenvalue weighted by Crippen LogP contribution is -2.38. The van der Waals surface area contributed by atoms with Crippen LogP contribution in [0.3, 0.4) is 0 Å². The van der Waals surface area contributed by atoms with Crippen LogP contribution in [0, 0.1) is 0 Å². The fourth-order valence-corrected chi connectivity index (χ4v) is 3.01. The maximum absolute atomic E-state index is 12.0. The lowest BCUT2D eigenvalue weighted by molar-refractivity contribution is -0.130. The van der Waals surface area contributed by atoms with Crippen molar-refractivity contribution in [2.45, 2.75) is 84.0 Å². The first kappa shape index (κ1) is 18.5. The van der Waals surface area contributed by atoms with E-state index < -0.39 is 0 Å². The fraction of sp³-hybridized carbons (Fsp3) is 0.944. The third kappa shape index (κ3) is 9.89. The van der Waals surface area contributed by atoms with Crippen molar-refractivity contribution in [2.24, 2.45) is 0 Å². The summed E-state index contributed by atoms with van der Waals surface area (Å²) in [6, 6.07) is 0. The van der Waals surface area contributed by atoms with Gasteiger partial charge >= 0.3 is 0 Å². The highest BCUT2D eigenvalue weighted by Crippen LogP contribution is 2.10. The van der Waals surface area contributed by atoms with Crippen LogP contribution >= 0.6 is 0 Å². The molecule has 124 valence electrons. The summed E-state index contributed by atoms with van der Waals surface area (Å²) in [5.74, 6) is 0.302. The van der Waals surface area contributed by atoms with Gasteiger partial charge in [0.25, 0.3) is 0 Å². The van der Waals surface area contributed by atoms with E-state index in [4.69, 9.17) is 0 Å². The topological polar surface area (TPSA) is 32.3 Å². The molecule has 1 aliphatic rings. The molecule has 3 nitrogen and oxygen atoms in total. The average molecular weight is 296 g/mol. The highest BCUT2D eigenvalue weighted by atomic mass is 16.2. The van der Waals surface area contributed by atoms with Gasteiger partial charge in [0, 0.05) is 13.1 Å². The zero-order chi connectivity index (χ0) is 15.2. The SMILES string of the molecule is CCCCCCCCCCNCC(=O)N1CCCCCC1. The highest BCUT2D eigenvalue weighted by Gasteiger charge is 2.14. The molecule has 0 radical (unpaired) electrons. The monoisotopic (exact) mass is 296 g/mol. The Morgan fingerprint density at radius 2 is 1.43 bits per heavy atom. The summed E-state index contributed by atoms with van der Waals surface area (Å²) in [6.07, 6.45) is 15.7. The molecule has 3 heteroatoms. The van der Waals surface area contributed by atoms with Crippen LogP contribution in [-0.2, 0) is 4.79 Å². The number of rotatable bonds is 11. The van der Waals surface area contributed by atoms with E-state index in [1.165, 1.54) is 77.0 Å². The van der Waals surface area contributed by atoms with Crippen molar-refractivity contribution in [2.75, 3.05) is 26.2 Å². The number of nitrogens with zero attached hydrogens (tertiary/aromatic N) is 1. The van der Waals surface area contributed by atoms with Gasteiger partial charge in [0.05, 0.1) is 6.54 Å². The quantitative estimate of drug-likeness (QED) is 0.582. The van der Waals surface area contributed by atoms with Gasteiger partial charge in [0.15, 0.2) is 0 Å². The minimum absolute atomic E-state index is 0.302. The van der Waals surface area contributed by atoms with Gasteiger partial charge in [-0.25, -0.2) is 0 Å². The molecule has 0 bridgehead atoms. The van der Waals surface area contributed by atoms with Gasteiger partial charge in [-0.3, -0.25) is 4.79 Å². The number of carbonyl (C=O) groups is 1. The summed E-state index contributed by atoms with van der Waals surface area (Å²) in [6.45, 7) is 5.74. The smallest absolute Gasteiger partial charge is 0.236 e. The van der Waals surface area contributed by atoms with Crippen LogP contribution in [-0.4, -0.2) is 37.0 Å². The van der Waals surface area contributed by atoms with Crippen LogP contribution in [0.1, 0.15) is 84.0 Å². The summed E-state index contributed by atoms with van der Waals surface area (Å²) < 4.78 is 0. The van der Waals surface area contributed by atoms with Crippen molar-refractivity contribution >= 4 is 5.91 Å². The lowest BCUT2D eigenvalue weighted by Gasteiger charge is -2.20. The number of hydrogen-bond acceptors (Lipinski definition) is 2. The van der Waals surface area contributed by atoms with Gasteiger partial charge in [0.1, 0.15) is 0 Å². The molecule has 0 aromatic rings. The van der Waals surface area contributed by atoms with Crippen LogP contribution < -0.4 is 5.32 Å². The zero-order valence-electron chi connectivity index (χ0n) is 14.2. The van der Waals surface area contributed by atoms with E-state index in [-0.39, 0.29) is 0 Å². The number of carbonyl (C=O) groups excluding carboxylic acids is 1. The number of likely N-dealkylation sites (tertiary alicyclic amines) is 1. The highest BCUT2D eigenvalue weighted by molar-refractivity contribution is 5.78. The number of hydrogen-bond donors (Lipinski definition) is 1. The van der Waals surface area contributed by atoms with E-state index in [0.717, 1.165) is 19.6 Å². The molecule has 0 aromatic heterocycles. The van der Waals surface area contributed by atoms with Crippen LogP contribution in [0.2, 0.25) is 0 Å². The predicted octanol–water partition coefficient (Wildman–Crippen LogP) is 4.12. The molecule has 21 heavy (non-hydrogen) atoms. The second-order valence-electron chi connectivity index (χ2n) is 6.45. The molecule has 0 saturated carbocycles. The lowest BCUT2D eigenvalue weighted by atomic mass is 10.1. The van der Waals surface area contributed by atoms with Gasteiger partial charge < -0.3 is 10.2 Å². The Morgan fingerprint density at radius 1 is 0.857 bits per heavy atom. The number of nitrogens with one attached hydrogen (secondary N) is 1. The van der Waals surface area contributed by atoms with E-state index in [9.17, 15) is 4.79 Å². The number of amides is 1. The standard InChI is InChI=1S/C18H36N2O/c1-2-3-4-5-6-7-8-11-14-19-17-18(21)20-15-12-9-10-13-16-20/h19H,2-17H2,1H3. The van der Waals surface area contributed by atoms with Gasteiger partial charge in [0.2, 0.25) is 5.91 Å². The maximum Gasteiger partial charge on any atom is 0.236 e. The maximum atomic E-state index is 12.0. The van der Waals surface area contributed by atoms with E-state index in [2.05, 4.69) is 12.2 Å². The van der Waals surface area contributed by atoms with E-state index >= 15 is 0 Å². The molecule has 1 rings (SSSR count). The normalized spacial score (nSPS) is 16.0.